The SMILES string of the molecule is CCOC(=O)C(CC)c1nc(CSc2ccccc2)no1. The van der Waals surface area contributed by atoms with Crippen LogP contribution >= 0.6 is 11.8 Å². The van der Waals surface area contributed by atoms with Crippen LogP contribution in [0.2, 0.25) is 0 Å². The highest BCUT2D eigenvalue weighted by molar-refractivity contribution is 7.98. The highest BCUT2D eigenvalue weighted by atomic mass is 32.2. The van der Waals surface area contributed by atoms with Gasteiger partial charge in [-0.2, -0.15) is 4.98 Å². The van der Waals surface area contributed by atoms with Crippen molar-refractivity contribution in [3.8, 4) is 0 Å². The summed E-state index contributed by atoms with van der Waals surface area (Å²) in [5.41, 5.74) is 0. The monoisotopic (exact) mass is 306 g/mol. The van der Waals surface area contributed by atoms with E-state index >= 15 is 0 Å². The van der Waals surface area contributed by atoms with Crippen LogP contribution < -0.4 is 0 Å². The van der Waals surface area contributed by atoms with Crippen LogP contribution in [0.3, 0.4) is 0 Å². The summed E-state index contributed by atoms with van der Waals surface area (Å²) in [5, 5.41) is 3.93. The first kappa shape index (κ1) is 15.6. The van der Waals surface area contributed by atoms with Gasteiger partial charge < -0.3 is 9.26 Å². The molecule has 1 atom stereocenters. The van der Waals surface area contributed by atoms with Gasteiger partial charge in [-0.1, -0.05) is 30.3 Å². The van der Waals surface area contributed by atoms with E-state index < -0.39 is 5.92 Å². The van der Waals surface area contributed by atoms with E-state index in [2.05, 4.69) is 10.1 Å². The summed E-state index contributed by atoms with van der Waals surface area (Å²) in [6.07, 6.45) is 0.576. The number of benzene rings is 1. The van der Waals surface area contributed by atoms with Gasteiger partial charge in [0.15, 0.2) is 5.82 Å². The lowest BCUT2D eigenvalue weighted by atomic mass is 10.1. The lowest BCUT2D eigenvalue weighted by molar-refractivity contribution is -0.145. The molecule has 2 aromatic rings. The third-order valence-corrected chi connectivity index (χ3v) is 3.88. The summed E-state index contributed by atoms with van der Waals surface area (Å²) in [6, 6.07) is 10.00. The Hall–Kier alpha value is -1.82. The number of ether oxygens (including phenoxy) is 1. The molecule has 1 aromatic heterocycles. The average molecular weight is 306 g/mol. The molecule has 0 saturated heterocycles. The van der Waals surface area contributed by atoms with Crippen molar-refractivity contribution in [3.05, 3.63) is 42.0 Å². The van der Waals surface area contributed by atoms with E-state index in [1.807, 2.05) is 37.3 Å². The molecular formula is C15H18N2O3S. The molecule has 6 heteroatoms. The van der Waals surface area contributed by atoms with E-state index in [9.17, 15) is 4.79 Å². The molecule has 0 amide bonds. The zero-order chi connectivity index (χ0) is 15.1. The molecule has 0 aliphatic heterocycles. The molecule has 1 heterocycles. The lowest BCUT2D eigenvalue weighted by Gasteiger charge is -2.08. The second kappa shape index (κ2) is 7.83. The Morgan fingerprint density at radius 1 is 1.33 bits per heavy atom. The topological polar surface area (TPSA) is 65.2 Å². The predicted octanol–water partition coefficient (Wildman–Crippen LogP) is 3.42. The summed E-state index contributed by atoms with van der Waals surface area (Å²) >= 11 is 1.62. The molecule has 5 nitrogen and oxygen atoms in total. The normalized spacial score (nSPS) is 12.1. The van der Waals surface area contributed by atoms with Crippen LogP contribution in [-0.2, 0) is 15.3 Å². The van der Waals surface area contributed by atoms with Crippen molar-refractivity contribution in [3.63, 3.8) is 0 Å². The second-order valence-corrected chi connectivity index (χ2v) is 5.41. The maximum Gasteiger partial charge on any atom is 0.318 e. The van der Waals surface area contributed by atoms with E-state index in [-0.39, 0.29) is 5.97 Å². The molecule has 112 valence electrons. The molecule has 0 aliphatic carbocycles. The van der Waals surface area contributed by atoms with E-state index in [0.717, 1.165) is 4.90 Å². The Balaban J connectivity index is 1.98. The van der Waals surface area contributed by atoms with Gasteiger partial charge in [0.2, 0.25) is 5.89 Å². The second-order valence-electron chi connectivity index (χ2n) is 4.36. The van der Waals surface area contributed by atoms with Crippen molar-refractivity contribution in [2.24, 2.45) is 0 Å². The van der Waals surface area contributed by atoms with Crippen molar-refractivity contribution in [2.45, 2.75) is 36.8 Å². The molecule has 1 unspecified atom stereocenters. The molecule has 0 aliphatic rings. The fourth-order valence-corrected chi connectivity index (χ4v) is 2.58. The third-order valence-electron chi connectivity index (χ3n) is 2.87. The zero-order valence-electron chi connectivity index (χ0n) is 12.1. The fraction of sp³-hybridized carbons (Fsp3) is 0.400. The highest BCUT2D eigenvalue weighted by Gasteiger charge is 2.26. The highest BCUT2D eigenvalue weighted by Crippen LogP contribution is 2.23. The van der Waals surface area contributed by atoms with Gasteiger partial charge in [0.25, 0.3) is 0 Å². The fourth-order valence-electron chi connectivity index (χ4n) is 1.82. The van der Waals surface area contributed by atoms with Gasteiger partial charge in [-0.25, -0.2) is 0 Å². The van der Waals surface area contributed by atoms with E-state index in [4.69, 9.17) is 9.26 Å². The van der Waals surface area contributed by atoms with Crippen molar-refractivity contribution in [2.75, 3.05) is 6.61 Å². The smallest absolute Gasteiger partial charge is 0.318 e. The van der Waals surface area contributed by atoms with Gasteiger partial charge in [0.05, 0.1) is 12.4 Å². The first-order valence-electron chi connectivity index (χ1n) is 6.91. The molecule has 0 saturated carbocycles. The van der Waals surface area contributed by atoms with Gasteiger partial charge >= 0.3 is 5.97 Å². The maximum atomic E-state index is 11.8. The first-order valence-corrected chi connectivity index (χ1v) is 7.90. The van der Waals surface area contributed by atoms with Crippen LogP contribution in [0.1, 0.15) is 37.9 Å². The van der Waals surface area contributed by atoms with Crippen LogP contribution in [0.25, 0.3) is 0 Å². The van der Waals surface area contributed by atoms with Gasteiger partial charge in [-0.05, 0) is 25.5 Å². The van der Waals surface area contributed by atoms with E-state index in [0.29, 0.717) is 30.5 Å². The Labute approximate surface area is 128 Å². The predicted molar refractivity (Wildman–Crippen MR) is 80.0 cm³/mol. The summed E-state index contributed by atoms with van der Waals surface area (Å²) in [4.78, 5) is 17.2. The minimum atomic E-state index is -0.479. The molecule has 21 heavy (non-hydrogen) atoms. The quantitative estimate of drug-likeness (QED) is 0.577. The van der Waals surface area contributed by atoms with Gasteiger partial charge in [-0.3, -0.25) is 4.79 Å². The van der Waals surface area contributed by atoms with Crippen molar-refractivity contribution in [1.82, 2.24) is 10.1 Å². The Morgan fingerprint density at radius 3 is 2.76 bits per heavy atom. The number of carbonyl (C=O) groups is 1. The van der Waals surface area contributed by atoms with Crippen LogP contribution in [0.15, 0.2) is 39.8 Å². The first-order chi connectivity index (χ1) is 10.2. The number of carbonyl (C=O) groups excluding carboxylic acids is 1. The number of aromatic nitrogens is 2. The van der Waals surface area contributed by atoms with Crippen molar-refractivity contribution >= 4 is 17.7 Å². The molecule has 0 spiro atoms. The molecule has 0 N–H and O–H groups in total. The number of hydrogen-bond acceptors (Lipinski definition) is 6. The standard InChI is InChI=1S/C15H18N2O3S/c1-3-12(15(18)19-4-2)14-16-13(17-20-14)10-21-11-8-6-5-7-9-11/h5-9,12H,3-4,10H2,1-2H3. The van der Waals surface area contributed by atoms with E-state index in [1.54, 1.807) is 18.7 Å². The van der Waals surface area contributed by atoms with Gasteiger partial charge in [-0.15, -0.1) is 11.8 Å². The summed E-state index contributed by atoms with van der Waals surface area (Å²) in [7, 11) is 0. The van der Waals surface area contributed by atoms with Crippen LogP contribution in [0.5, 0.6) is 0 Å². The van der Waals surface area contributed by atoms with Crippen molar-refractivity contribution < 1.29 is 14.1 Å². The van der Waals surface area contributed by atoms with Crippen molar-refractivity contribution in [1.29, 1.82) is 0 Å². The summed E-state index contributed by atoms with van der Waals surface area (Å²) in [6.45, 7) is 4.02. The Kier molecular flexibility index (Phi) is 5.80. The summed E-state index contributed by atoms with van der Waals surface area (Å²) < 4.78 is 10.2. The molecule has 0 fully saturated rings. The van der Waals surface area contributed by atoms with Gasteiger partial charge in [0, 0.05) is 4.90 Å². The molecule has 0 radical (unpaired) electrons. The minimum absolute atomic E-state index is 0.314. The molecule has 2 rings (SSSR count). The summed E-state index contributed by atoms with van der Waals surface area (Å²) in [5.74, 6) is 0.729. The minimum Gasteiger partial charge on any atom is -0.465 e. The number of rotatable bonds is 7. The lowest BCUT2D eigenvalue weighted by Crippen LogP contribution is -2.15. The van der Waals surface area contributed by atoms with Crippen LogP contribution in [-0.4, -0.2) is 22.7 Å². The maximum absolute atomic E-state index is 11.8. The van der Waals surface area contributed by atoms with Crippen LogP contribution in [0, 0.1) is 0 Å². The van der Waals surface area contributed by atoms with E-state index in [1.165, 1.54) is 0 Å². The number of esters is 1. The number of hydrogen-bond donors (Lipinski definition) is 0. The zero-order valence-corrected chi connectivity index (χ0v) is 12.9. The third kappa shape index (κ3) is 4.32. The van der Waals surface area contributed by atoms with Crippen LogP contribution in [0.4, 0.5) is 0 Å². The number of nitrogens with zero attached hydrogens (tertiary/aromatic N) is 2. The molecule has 0 bridgehead atoms. The Morgan fingerprint density at radius 2 is 2.10 bits per heavy atom. The largest absolute Gasteiger partial charge is 0.465 e. The molecular weight excluding hydrogens is 288 g/mol. The van der Waals surface area contributed by atoms with Gasteiger partial charge in [0.1, 0.15) is 5.92 Å². The molecule has 1 aromatic carbocycles. The Bertz CT molecular complexity index is 571. The number of thioether (sulfide) groups is 1. The average Bonchev–Trinajstić information content (AvgIpc) is 2.96.